The van der Waals surface area contributed by atoms with E-state index in [4.69, 9.17) is 5.11 Å². The molecule has 2 rings (SSSR count). The smallest absolute Gasteiger partial charge is 0.276 e. The predicted octanol–water partition coefficient (Wildman–Crippen LogP) is 1.50. The van der Waals surface area contributed by atoms with E-state index in [2.05, 4.69) is 27.1 Å². The summed E-state index contributed by atoms with van der Waals surface area (Å²) in [5.41, 5.74) is 0.385. The highest BCUT2D eigenvalue weighted by atomic mass is 32.1. The Labute approximate surface area is 112 Å². The Morgan fingerprint density at radius 2 is 2.44 bits per heavy atom. The van der Waals surface area contributed by atoms with Gasteiger partial charge in [0, 0.05) is 5.38 Å². The first-order chi connectivity index (χ1) is 8.69. The van der Waals surface area contributed by atoms with Crippen molar-refractivity contribution >= 4 is 33.7 Å². The Hall–Kier alpha value is -1.75. The molecular weight excluding hydrogens is 270 g/mol. The molecule has 0 bridgehead atoms. The summed E-state index contributed by atoms with van der Waals surface area (Å²) in [7, 11) is 0. The van der Waals surface area contributed by atoms with Gasteiger partial charge in [-0.3, -0.25) is 10.1 Å². The molecule has 0 aliphatic carbocycles. The van der Waals surface area contributed by atoms with Gasteiger partial charge in [-0.2, -0.15) is 0 Å². The number of carbonyl (C=O) groups excluding carboxylic acids is 1. The lowest BCUT2D eigenvalue weighted by atomic mass is 10.4. The molecule has 0 unspecified atom stereocenters. The van der Waals surface area contributed by atoms with E-state index in [0.29, 0.717) is 15.7 Å². The molecule has 92 valence electrons. The first-order valence-corrected chi connectivity index (χ1v) is 6.67. The Kier molecular flexibility index (Phi) is 4.04. The standard InChI is InChI=1S/C11H9N3O2S2/c1-7-13-9(6-17-7)10(16)14-11-12-5-8(18-11)3-2-4-15/h5-6,15H,4H2,1H3,(H,12,14,16). The topological polar surface area (TPSA) is 75.1 Å². The van der Waals surface area contributed by atoms with Crippen molar-refractivity contribution in [2.24, 2.45) is 0 Å². The lowest BCUT2D eigenvalue weighted by Crippen LogP contribution is -2.11. The van der Waals surface area contributed by atoms with Crippen LogP contribution in [0.25, 0.3) is 0 Å². The zero-order chi connectivity index (χ0) is 13.0. The first kappa shape index (κ1) is 12.7. The average molecular weight is 279 g/mol. The summed E-state index contributed by atoms with van der Waals surface area (Å²) in [6.45, 7) is 1.64. The van der Waals surface area contributed by atoms with Crippen LogP contribution >= 0.6 is 22.7 Å². The first-order valence-electron chi connectivity index (χ1n) is 4.98. The zero-order valence-corrected chi connectivity index (χ0v) is 11.1. The fourth-order valence-electron chi connectivity index (χ4n) is 1.15. The van der Waals surface area contributed by atoms with Gasteiger partial charge in [0.2, 0.25) is 0 Å². The maximum Gasteiger partial charge on any atom is 0.276 e. The number of aliphatic hydroxyl groups is 1. The number of aliphatic hydroxyl groups excluding tert-OH is 1. The van der Waals surface area contributed by atoms with Gasteiger partial charge in [0.1, 0.15) is 12.3 Å². The lowest BCUT2D eigenvalue weighted by molar-refractivity contribution is 0.102. The Morgan fingerprint density at radius 1 is 1.61 bits per heavy atom. The van der Waals surface area contributed by atoms with Crippen molar-refractivity contribution in [3.63, 3.8) is 0 Å². The van der Waals surface area contributed by atoms with E-state index in [1.165, 1.54) is 22.7 Å². The number of nitrogens with one attached hydrogen (secondary N) is 1. The molecule has 2 N–H and O–H groups in total. The van der Waals surface area contributed by atoms with Gasteiger partial charge in [0.15, 0.2) is 5.13 Å². The van der Waals surface area contributed by atoms with E-state index in [-0.39, 0.29) is 12.5 Å². The van der Waals surface area contributed by atoms with E-state index in [0.717, 1.165) is 5.01 Å². The number of aryl methyl sites for hydroxylation is 1. The second-order valence-electron chi connectivity index (χ2n) is 3.20. The molecule has 2 aromatic rings. The van der Waals surface area contributed by atoms with Gasteiger partial charge in [-0.1, -0.05) is 23.2 Å². The van der Waals surface area contributed by atoms with Gasteiger partial charge >= 0.3 is 0 Å². The van der Waals surface area contributed by atoms with Crippen molar-refractivity contribution in [1.82, 2.24) is 9.97 Å². The number of hydrogen-bond acceptors (Lipinski definition) is 6. The van der Waals surface area contributed by atoms with Crippen LogP contribution in [0.3, 0.4) is 0 Å². The van der Waals surface area contributed by atoms with E-state index < -0.39 is 0 Å². The van der Waals surface area contributed by atoms with Crippen LogP contribution in [0.15, 0.2) is 11.6 Å². The number of thiazole rings is 2. The largest absolute Gasteiger partial charge is 0.384 e. The van der Waals surface area contributed by atoms with Gasteiger partial charge < -0.3 is 5.11 Å². The maximum atomic E-state index is 11.8. The van der Waals surface area contributed by atoms with Crippen LogP contribution in [0.5, 0.6) is 0 Å². The van der Waals surface area contributed by atoms with Crippen molar-refractivity contribution in [2.45, 2.75) is 6.92 Å². The molecule has 0 fully saturated rings. The van der Waals surface area contributed by atoms with Gasteiger partial charge in [0.25, 0.3) is 5.91 Å². The summed E-state index contributed by atoms with van der Waals surface area (Å²) in [6.07, 6.45) is 1.55. The molecule has 1 amide bonds. The number of rotatable bonds is 2. The molecule has 0 aliphatic heterocycles. The SMILES string of the molecule is Cc1nc(C(=O)Nc2ncc(C#CCO)s2)cs1. The molecule has 0 saturated carbocycles. The van der Waals surface area contributed by atoms with Crippen molar-refractivity contribution < 1.29 is 9.90 Å². The van der Waals surface area contributed by atoms with Crippen LogP contribution in [0, 0.1) is 18.8 Å². The zero-order valence-electron chi connectivity index (χ0n) is 9.43. The summed E-state index contributed by atoms with van der Waals surface area (Å²) in [5, 5.41) is 14.2. The number of anilines is 1. The molecule has 0 aliphatic rings. The van der Waals surface area contributed by atoms with E-state index >= 15 is 0 Å². The third-order valence-electron chi connectivity index (χ3n) is 1.87. The molecule has 5 nitrogen and oxygen atoms in total. The van der Waals surface area contributed by atoms with Crippen molar-refractivity contribution in [3.8, 4) is 11.8 Å². The molecule has 0 spiro atoms. The second-order valence-corrected chi connectivity index (χ2v) is 5.29. The Morgan fingerprint density at radius 3 is 3.11 bits per heavy atom. The summed E-state index contributed by atoms with van der Waals surface area (Å²) >= 11 is 2.67. The molecule has 0 aromatic carbocycles. The van der Waals surface area contributed by atoms with E-state index in [1.54, 1.807) is 11.6 Å². The minimum atomic E-state index is -0.282. The minimum absolute atomic E-state index is 0.197. The Bertz CT molecular complexity index is 622. The molecule has 18 heavy (non-hydrogen) atoms. The number of hydrogen-bond donors (Lipinski definition) is 2. The highest BCUT2D eigenvalue weighted by Crippen LogP contribution is 2.18. The van der Waals surface area contributed by atoms with Crippen LogP contribution < -0.4 is 5.32 Å². The molecule has 2 aromatic heterocycles. The molecule has 0 atom stereocenters. The van der Waals surface area contributed by atoms with Gasteiger partial charge in [0.05, 0.1) is 16.1 Å². The highest BCUT2D eigenvalue weighted by Gasteiger charge is 2.11. The van der Waals surface area contributed by atoms with E-state index in [9.17, 15) is 4.79 Å². The van der Waals surface area contributed by atoms with E-state index in [1.807, 2.05) is 6.92 Å². The quantitative estimate of drug-likeness (QED) is 0.817. The van der Waals surface area contributed by atoms with Gasteiger partial charge in [-0.05, 0) is 6.92 Å². The minimum Gasteiger partial charge on any atom is -0.384 e. The van der Waals surface area contributed by atoms with Gasteiger partial charge in [-0.25, -0.2) is 9.97 Å². The lowest BCUT2D eigenvalue weighted by Gasteiger charge is -1.96. The normalized spacial score (nSPS) is 9.67. The summed E-state index contributed by atoms with van der Waals surface area (Å²) < 4.78 is 0. The number of amides is 1. The van der Waals surface area contributed by atoms with Crippen LogP contribution in [-0.2, 0) is 0 Å². The van der Waals surface area contributed by atoms with Crippen LogP contribution in [0.1, 0.15) is 20.4 Å². The molecule has 0 saturated heterocycles. The highest BCUT2D eigenvalue weighted by molar-refractivity contribution is 7.16. The average Bonchev–Trinajstić information content (AvgIpc) is 2.96. The van der Waals surface area contributed by atoms with Crippen LogP contribution in [0.4, 0.5) is 5.13 Å². The Balaban J connectivity index is 2.05. The molecule has 0 radical (unpaired) electrons. The fourth-order valence-corrected chi connectivity index (χ4v) is 2.42. The summed E-state index contributed by atoms with van der Waals surface area (Å²) in [4.78, 5) is 20.6. The van der Waals surface area contributed by atoms with Gasteiger partial charge in [-0.15, -0.1) is 11.3 Å². The van der Waals surface area contributed by atoms with Crippen molar-refractivity contribution in [3.05, 3.63) is 27.2 Å². The monoisotopic (exact) mass is 279 g/mol. The summed E-state index contributed by atoms with van der Waals surface area (Å²) in [6, 6.07) is 0. The second kappa shape index (κ2) is 5.73. The van der Waals surface area contributed by atoms with Crippen LogP contribution in [0.2, 0.25) is 0 Å². The number of carbonyl (C=O) groups is 1. The molecule has 7 heteroatoms. The van der Waals surface area contributed by atoms with Crippen molar-refractivity contribution in [2.75, 3.05) is 11.9 Å². The van der Waals surface area contributed by atoms with Crippen molar-refractivity contribution in [1.29, 1.82) is 0 Å². The molecular formula is C11H9N3O2S2. The maximum absolute atomic E-state index is 11.8. The predicted molar refractivity (Wildman–Crippen MR) is 70.9 cm³/mol. The van der Waals surface area contributed by atoms with Crippen LogP contribution in [-0.4, -0.2) is 27.6 Å². The fraction of sp³-hybridized carbons (Fsp3) is 0.182. The third kappa shape index (κ3) is 3.13. The number of aromatic nitrogens is 2. The third-order valence-corrected chi connectivity index (χ3v) is 3.47. The summed E-state index contributed by atoms with van der Waals surface area (Å²) in [5.74, 6) is 4.96. The number of nitrogens with zero attached hydrogens (tertiary/aromatic N) is 2. The molecule has 2 heterocycles.